The highest BCUT2D eigenvalue weighted by atomic mass is 16.6. The van der Waals surface area contributed by atoms with Crippen LogP contribution in [0.25, 0.3) is 6.08 Å². The van der Waals surface area contributed by atoms with E-state index in [1.807, 2.05) is 74.5 Å². The first kappa shape index (κ1) is 20.7. The Morgan fingerprint density at radius 1 is 1.04 bits per heavy atom. The van der Waals surface area contributed by atoms with Gasteiger partial charge in [-0.3, -0.25) is 0 Å². The molecule has 2 rings (SSSR count). The lowest BCUT2D eigenvalue weighted by molar-refractivity contribution is -0.157. The Hall–Kier alpha value is -2.59. The van der Waals surface area contributed by atoms with Crippen LogP contribution in [0.5, 0.6) is 0 Å². The number of esters is 1. The molecule has 0 unspecified atom stereocenters. The van der Waals surface area contributed by atoms with Crippen LogP contribution in [0, 0.1) is 5.41 Å². The van der Waals surface area contributed by atoms with Gasteiger partial charge in [-0.25, -0.2) is 4.79 Å². The number of carbonyl (C=O) groups excluding carboxylic acids is 1. The summed E-state index contributed by atoms with van der Waals surface area (Å²) in [5.74, 6) is -0.408. The van der Waals surface area contributed by atoms with E-state index in [0.717, 1.165) is 11.1 Å². The van der Waals surface area contributed by atoms with E-state index in [1.165, 1.54) is 0 Å². The Balaban J connectivity index is 2.18. The second-order valence-corrected chi connectivity index (χ2v) is 7.24. The normalized spacial score (nSPS) is 14.3. The van der Waals surface area contributed by atoms with Gasteiger partial charge in [-0.05, 0) is 31.1 Å². The van der Waals surface area contributed by atoms with Crippen molar-refractivity contribution in [2.24, 2.45) is 5.41 Å². The molecule has 27 heavy (non-hydrogen) atoms. The van der Waals surface area contributed by atoms with Crippen LogP contribution in [0.1, 0.15) is 38.8 Å². The summed E-state index contributed by atoms with van der Waals surface area (Å²) >= 11 is 0. The van der Waals surface area contributed by atoms with Crippen LogP contribution >= 0.6 is 0 Å². The Labute approximate surface area is 161 Å². The predicted octanol–water partition coefficient (Wildman–Crippen LogP) is 4.58. The molecule has 2 aromatic carbocycles. The highest BCUT2D eigenvalue weighted by molar-refractivity contribution is 5.91. The molecule has 1 N–H and O–H groups in total. The van der Waals surface area contributed by atoms with Crippen LogP contribution in [0.2, 0.25) is 0 Å². The molecule has 4 heteroatoms. The van der Waals surface area contributed by atoms with Gasteiger partial charge in [0.25, 0.3) is 0 Å². The van der Waals surface area contributed by atoms with E-state index in [1.54, 1.807) is 19.9 Å². The van der Waals surface area contributed by atoms with E-state index >= 15 is 0 Å². The number of rotatable bonds is 8. The Morgan fingerprint density at radius 3 is 2.15 bits per heavy atom. The monoisotopic (exact) mass is 368 g/mol. The number of benzene rings is 2. The highest BCUT2D eigenvalue weighted by Gasteiger charge is 2.34. The minimum absolute atomic E-state index is 0.137. The zero-order chi connectivity index (χ0) is 19.9. The van der Waals surface area contributed by atoms with Crippen molar-refractivity contribution in [1.29, 1.82) is 0 Å². The summed E-state index contributed by atoms with van der Waals surface area (Å²) in [7, 11) is 0. The Kier molecular flexibility index (Phi) is 7.19. The molecule has 0 aromatic heterocycles. The average Bonchev–Trinajstić information content (AvgIpc) is 2.66. The second-order valence-electron chi connectivity index (χ2n) is 7.24. The maximum Gasteiger partial charge on any atom is 0.373 e. The van der Waals surface area contributed by atoms with E-state index in [9.17, 15) is 9.90 Å². The summed E-state index contributed by atoms with van der Waals surface area (Å²) in [6.45, 7) is 7.46. The lowest BCUT2D eigenvalue weighted by Crippen LogP contribution is -2.40. The fraction of sp³-hybridized carbons (Fsp3) is 0.348. The summed E-state index contributed by atoms with van der Waals surface area (Å²) in [5.41, 5.74) is 1.23. The van der Waals surface area contributed by atoms with E-state index in [4.69, 9.17) is 9.47 Å². The zero-order valence-corrected chi connectivity index (χ0v) is 16.4. The van der Waals surface area contributed by atoms with Gasteiger partial charge in [-0.15, -0.1) is 0 Å². The van der Waals surface area contributed by atoms with Crippen LogP contribution in [-0.2, 0) is 20.9 Å². The highest BCUT2D eigenvalue weighted by Crippen LogP contribution is 2.28. The average molecular weight is 368 g/mol. The first-order valence-corrected chi connectivity index (χ1v) is 9.13. The van der Waals surface area contributed by atoms with Crippen LogP contribution in [-0.4, -0.2) is 23.3 Å². The summed E-state index contributed by atoms with van der Waals surface area (Å²) in [6.07, 6.45) is 0.574. The fourth-order valence-corrected chi connectivity index (χ4v) is 2.31. The third kappa shape index (κ3) is 5.97. The fourth-order valence-electron chi connectivity index (χ4n) is 2.31. The van der Waals surface area contributed by atoms with Gasteiger partial charge in [0, 0.05) is 5.41 Å². The van der Waals surface area contributed by atoms with Crippen LogP contribution in [0.3, 0.4) is 0 Å². The first-order valence-electron chi connectivity index (χ1n) is 9.13. The first-order chi connectivity index (χ1) is 12.8. The minimum Gasteiger partial charge on any atom is -0.482 e. The van der Waals surface area contributed by atoms with Crippen molar-refractivity contribution in [3.05, 3.63) is 77.5 Å². The van der Waals surface area contributed by atoms with Crippen LogP contribution < -0.4 is 0 Å². The number of aliphatic hydroxyl groups is 1. The molecule has 0 aliphatic heterocycles. The van der Waals surface area contributed by atoms with Gasteiger partial charge in [0.15, 0.2) is 0 Å². The van der Waals surface area contributed by atoms with Crippen LogP contribution in [0.4, 0.5) is 0 Å². The molecule has 0 amide bonds. The molecule has 0 heterocycles. The summed E-state index contributed by atoms with van der Waals surface area (Å²) in [4.78, 5) is 12.8. The maximum absolute atomic E-state index is 12.8. The Bertz CT molecular complexity index is 748. The minimum atomic E-state index is -0.618. The predicted molar refractivity (Wildman–Crippen MR) is 107 cm³/mol. The molecule has 0 bridgehead atoms. The van der Waals surface area contributed by atoms with E-state index in [2.05, 4.69) is 0 Å². The molecule has 144 valence electrons. The molecule has 0 saturated heterocycles. The lowest BCUT2D eigenvalue weighted by Gasteiger charge is -2.34. The second kappa shape index (κ2) is 9.38. The number of carbonyl (C=O) groups is 1. The largest absolute Gasteiger partial charge is 0.482 e. The number of hydrogen-bond donors (Lipinski definition) is 1. The van der Waals surface area contributed by atoms with Gasteiger partial charge in [-0.2, -0.15) is 0 Å². The lowest BCUT2D eigenvalue weighted by atomic mass is 9.82. The summed E-state index contributed by atoms with van der Waals surface area (Å²) in [5, 5.41) is 9.95. The van der Waals surface area contributed by atoms with Crippen molar-refractivity contribution in [3.8, 4) is 0 Å². The summed E-state index contributed by atoms with van der Waals surface area (Å²) in [6, 6.07) is 19.1. The van der Waals surface area contributed by atoms with Gasteiger partial charge in [0.2, 0.25) is 5.76 Å². The molecule has 4 nitrogen and oxygen atoms in total. The Morgan fingerprint density at radius 2 is 1.59 bits per heavy atom. The summed E-state index contributed by atoms with van der Waals surface area (Å²) < 4.78 is 11.4. The molecule has 0 fully saturated rings. The maximum atomic E-state index is 12.8. The number of ether oxygens (including phenoxy) is 2. The van der Waals surface area contributed by atoms with Gasteiger partial charge in [-0.1, -0.05) is 74.5 Å². The van der Waals surface area contributed by atoms with E-state index in [0.29, 0.717) is 0 Å². The molecule has 2 aromatic rings. The topological polar surface area (TPSA) is 55.8 Å². The van der Waals surface area contributed by atoms with Crippen molar-refractivity contribution in [3.63, 3.8) is 0 Å². The van der Waals surface area contributed by atoms with Gasteiger partial charge >= 0.3 is 5.97 Å². The van der Waals surface area contributed by atoms with Crippen LogP contribution in [0.15, 0.2) is 66.4 Å². The molecule has 0 saturated carbocycles. The van der Waals surface area contributed by atoms with Crippen molar-refractivity contribution in [2.75, 3.05) is 0 Å². The number of aliphatic hydroxyl groups excluding tert-OH is 1. The van der Waals surface area contributed by atoms with Gasteiger partial charge in [0.05, 0.1) is 6.10 Å². The SMILES string of the molecule is C[C@H](OC(=O)C(=Cc1ccccc1)OCc1ccccc1)C(C)(C)[C@@H](C)O. The van der Waals surface area contributed by atoms with Crippen molar-refractivity contribution in [2.45, 2.75) is 46.5 Å². The standard InChI is InChI=1S/C23H28O4/c1-17(24)23(3,4)18(2)27-22(25)21(15-19-11-7-5-8-12-19)26-16-20-13-9-6-10-14-20/h5-15,17-18,24H,16H2,1-4H3/t17-,18+/m1/s1. The van der Waals surface area contributed by atoms with Crippen molar-refractivity contribution >= 4 is 12.0 Å². The zero-order valence-electron chi connectivity index (χ0n) is 16.4. The molecular formula is C23H28O4. The third-order valence-electron chi connectivity index (χ3n) is 4.94. The molecule has 0 radical (unpaired) electrons. The van der Waals surface area contributed by atoms with Gasteiger partial charge < -0.3 is 14.6 Å². The molecule has 2 atom stereocenters. The van der Waals surface area contributed by atoms with Crippen molar-refractivity contribution < 1.29 is 19.4 Å². The number of hydrogen-bond acceptors (Lipinski definition) is 4. The quantitative estimate of drug-likeness (QED) is 0.421. The third-order valence-corrected chi connectivity index (χ3v) is 4.94. The molecule has 0 aliphatic rings. The molecule has 0 aliphatic carbocycles. The molecule has 0 spiro atoms. The van der Waals surface area contributed by atoms with E-state index < -0.39 is 23.6 Å². The van der Waals surface area contributed by atoms with Gasteiger partial charge in [0.1, 0.15) is 12.7 Å². The van der Waals surface area contributed by atoms with E-state index in [-0.39, 0.29) is 12.4 Å². The smallest absolute Gasteiger partial charge is 0.373 e. The van der Waals surface area contributed by atoms with Crippen molar-refractivity contribution in [1.82, 2.24) is 0 Å². The molecular weight excluding hydrogens is 340 g/mol.